The minimum absolute atomic E-state index is 0. The average molecular weight is 309 g/mol. The van der Waals surface area contributed by atoms with Crippen LogP contribution < -0.4 is 10.1 Å². The maximum absolute atomic E-state index is 5.42. The average Bonchev–Trinajstić information content (AvgIpc) is 2.30. The highest BCUT2D eigenvalue weighted by Crippen LogP contribution is 2.28. The number of methoxy groups -OCH3 is 1. The summed E-state index contributed by atoms with van der Waals surface area (Å²) in [6, 6.07) is 6.40. The molecule has 0 radical (unpaired) electrons. The van der Waals surface area contributed by atoms with Gasteiger partial charge in [-0.2, -0.15) is 0 Å². The summed E-state index contributed by atoms with van der Waals surface area (Å²) in [6.45, 7) is 2.45. The smallest absolute Gasteiger partial charge is 0.133 e. The van der Waals surface area contributed by atoms with E-state index in [9.17, 15) is 0 Å². The normalized spacial score (nSPS) is 20.0. The molecular formula is C11H15BrClNO2. The molecule has 0 aromatic heterocycles. The van der Waals surface area contributed by atoms with Crippen molar-refractivity contribution in [3.8, 4) is 5.75 Å². The lowest BCUT2D eigenvalue weighted by Gasteiger charge is -2.24. The second-order valence-electron chi connectivity index (χ2n) is 3.48. The van der Waals surface area contributed by atoms with Crippen LogP contribution in [0, 0.1) is 0 Å². The van der Waals surface area contributed by atoms with Gasteiger partial charge >= 0.3 is 0 Å². The molecule has 1 aromatic carbocycles. The minimum atomic E-state index is 0. The summed E-state index contributed by atoms with van der Waals surface area (Å²) in [5.74, 6) is 0.857. The van der Waals surface area contributed by atoms with Crippen LogP contribution >= 0.6 is 28.3 Å². The largest absolute Gasteiger partial charge is 0.496 e. The van der Waals surface area contributed by atoms with Gasteiger partial charge in [-0.15, -0.1) is 12.4 Å². The van der Waals surface area contributed by atoms with Crippen molar-refractivity contribution in [3.63, 3.8) is 0 Å². The van der Waals surface area contributed by atoms with E-state index in [1.165, 1.54) is 5.56 Å². The number of rotatable bonds is 2. The molecule has 1 aliphatic rings. The first kappa shape index (κ1) is 13.8. The lowest BCUT2D eigenvalue weighted by molar-refractivity contribution is 0.0768. The summed E-state index contributed by atoms with van der Waals surface area (Å²) in [6.07, 6.45) is 0. The van der Waals surface area contributed by atoms with Gasteiger partial charge in [-0.05, 0) is 33.6 Å². The Balaban J connectivity index is 0.00000128. The molecule has 5 heteroatoms. The van der Waals surface area contributed by atoms with Crippen LogP contribution in [0.25, 0.3) is 0 Å². The quantitative estimate of drug-likeness (QED) is 0.911. The van der Waals surface area contributed by atoms with Gasteiger partial charge in [-0.1, -0.05) is 6.07 Å². The molecule has 90 valence electrons. The fourth-order valence-electron chi connectivity index (χ4n) is 1.68. The molecule has 1 aliphatic heterocycles. The summed E-state index contributed by atoms with van der Waals surface area (Å²) in [7, 11) is 1.67. The van der Waals surface area contributed by atoms with Gasteiger partial charge in [-0.3, -0.25) is 0 Å². The third-order valence-electron chi connectivity index (χ3n) is 2.50. The van der Waals surface area contributed by atoms with Gasteiger partial charge in [0.15, 0.2) is 0 Å². The van der Waals surface area contributed by atoms with E-state index in [0.717, 1.165) is 30.0 Å². The van der Waals surface area contributed by atoms with Crippen LogP contribution in [-0.4, -0.2) is 26.9 Å². The van der Waals surface area contributed by atoms with E-state index in [1.54, 1.807) is 7.11 Å². The minimum Gasteiger partial charge on any atom is -0.496 e. The second-order valence-corrected chi connectivity index (χ2v) is 4.33. The van der Waals surface area contributed by atoms with Gasteiger partial charge in [0.2, 0.25) is 0 Å². The second kappa shape index (κ2) is 6.45. The van der Waals surface area contributed by atoms with E-state index in [0.29, 0.717) is 6.04 Å². The maximum atomic E-state index is 5.42. The highest BCUT2D eigenvalue weighted by atomic mass is 79.9. The molecule has 2 rings (SSSR count). The van der Waals surface area contributed by atoms with E-state index >= 15 is 0 Å². The lowest BCUT2D eigenvalue weighted by atomic mass is 10.1. The van der Waals surface area contributed by atoms with Crippen LogP contribution in [0.15, 0.2) is 22.7 Å². The maximum Gasteiger partial charge on any atom is 0.133 e. The number of benzene rings is 1. The van der Waals surface area contributed by atoms with Crippen LogP contribution in [0.4, 0.5) is 0 Å². The Labute approximate surface area is 110 Å². The molecule has 3 nitrogen and oxygen atoms in total. The van der Waals surface area contributed by atoms with Crippen molar-refractivity contribution in [2.75, 3.05) is 26.9 Å². The zero-order chi connectivity index (χ0) is 10.7. The number of halogens is 2. The summed E-state index contributed by atoms with van der Waals surface area (Å²) in [5, 5.41) is 3.41. The molecular weight excluding hydrogens is 293 g/mol. The van der Waals surface area contributed by atoms with E-state index in [2.05, 4.69) is 33.4 Å². The molecule has 0 unspecified atom stereocenters. The van der Waals surface area contributed by atoms with E-state index in [4.69, 9.17) is 9.47 Å². The van der Waals surface area contributed by atoms with Gasteiger partial charge in [-0.25, -0.2) is 0 Å². The van der Waals surface area contributed by atoms with Crippen molar-refractivity contribution in [2.24, 2.45) is 0 Å². The molecule has 1 heterocycles. The summed E-state index contributed by atoms with van der Waals surface area (Å²) in [5.41, 5.74) is 1.22. The summed E-state index contributed by atoms with van der Waals surface area (Å²) < 4.78 is 11.6. The molecule has 1 fully saturated rings. The van der Waals surface area contributed by atoms with Gasteiger partial charge in [0.1, 0.15) is 5.75 Å². The van der Waals surface area contributed by atoms with E-state index in [-0.39, 0.29) is 12.4 Å². The fraction of sp³-hybridized carbons (Fsp3) is 0.455. The van der Waals surface area contributed by atoms with Crippen molar-refractivity contribution in [3.05, 3.63) is 28.2 Å². The Hall–Kier alpha value is -0.290. The van der Waals surface area contributed by atoms with Crippen molar-refractivity contribution in [2.45, 2.75) is 6.04 Å². The van der Waals surface area contributed by atoms with E-state index in [1.807, 2.05) is 6.07 Å². The number of nitrogens with one attached hydrogen (secondary N) is 1. The highest BCUT2D eigenvalue weighted by Gasteiger charge is 2.15. The molecule has 0 amide bonds. The SMILES string of the molecule is COc1ccc([C@@H]2COCCN2)cc1Br.Cl. The monoisotopic (exact) mass is 307 g/mol. The van der Waals surface area contributed by atoms with Crippen molar-refractivity contribution in [1.29, 1.82) is 0 Å². The number of ether oxygens (including phenoxy) is 2. The third-order valence-corrected chi connectivity index (χ3v) is 3.12. The predicted octanol–water partition coefficient (Wildman–Crippen LogP) is 2.54. The summed E-state index contributed by atoms with van der Waals surface area (Å²) in [4.78, 5) is 0. The number of hydrogen-bond acceptors (Lipinski definition) is 3. The Morgan fingerprint density at radius 3 is 2.88 bits per heavy atom. The van der Waals surface area contributed by atoms with Gasteiger partial charge in [0, 0.05) is 6.54 Å². The first-order valence-corrected chi connectivity index (χ1v) is 5.75. The molecule has 1 saturated heterocycles. The molecule has 1 aromatic rings. The first-order valence-electron chi connectivity index (χ1n) is 4.96. The number of hydrogen-bond donors (Lipinski definition) is 1. The van der Waals surface area contributed by atoms with Gasteiger partial charge in [0.25, 0.3) is 0 Å². The molecule has 0 saturated carbocycles. The molecule has 1 atom stereocenters. The Morgan fingerprint density at radius 2 is 2.31 bits per heavy atom. The van der Waals surface area contributed by atoms with Crippen LogP contribution in [0.5, 0.6) is 5.75 Å². The fourth-order valence-corrected chi connectivity index (χ4v) is 2.24. The Morgan fingerprint density at radius 1 is 1.50 bits per heavy atom. The van der Waals surface area contributed by atoms with Gasteiger partial charge in [0.05, 0.1) is 30.8 Å². The first-order chi connectivity index (χ1) is 7.31. The van der Waals surface area contributed by atoms with Crippen molar-refractivity contribution < 1.29 is 9.47 Å². The predicted molar refractivity (Wildman–Crippen MR) is 69.5 cm³/mol. The molecule has 16 heavy (non-hydrogen) atoms. The van der Waals surface area contributed by atoms with Crippen LogP contribution in [0.3, 0.4) is 0 Å². The molecule has 0 bridgehead atoms. The standard InChI is InChI=1S/C11H14BrNO2.ClH/c1-14-11-3-2-8(6-9(11)12)10-7-15-5-4-13-10;/h2-3,6,10,13H,4-5,7H2,1H3;1H/t10-;/m0./s1. The highest BCUT2D eigenvalue weighted by molar-refractivity contribution is 9.10. The number of morpholine rings is 1. The van der Waals surface area contributed by atoms with Crippen LogP contribution in [0.2, 0.25) is 0 Å². The van der Waals surface area contributed by atoms with Crippen LogP contribution in [-0.2, 0) is 4.74 Å². The van der Waals surface area contributed by atoms with Gasteiger partial charge < -0.3 is 14.8 Å². The zero-order valence-electron chi connectivity index (χ0n) is 9.03. The zero-order valence-corrected chi connectivity index (χ0v) is 11.4. The summed E-state index contributed by atoms with van der Waals surface area (Å²) >= 11 is 3.48. The van der Waals surface area contributed by atoms with Crippen molar-refractivity contribution in [1.82, 2.24) is 5.32 Å². The lowest BCUT2D eigenvalue weighted by Crippen LogP contribution is -2.34. The Kier molecular flexibility index (Phi) is 5.55. The molecule has 0 spiro atoms. The van der Waals surface area contributed by atoms with E-state index < -0.39 is 0 Å². The van der Waals surface area contributed by atoms with Crippen LogP contribution in [0.1, 0.15) is 11.6 Å². The third kappa shape index (κ3) is 3.10. The van der Waals surface area contributed by atoms with Crippen molar-refractivity contribution >= 4 is 28.3 Å². The molecule has 0 aliphatic carbocycles. The topological polar surface area (TPSA) is 30.5 Å². The molecule has 1 N–H and O–H groups in total. The Bertz CT molecular complexity index is 343.